The zero-order valence-corrected chi connectivity index (χ0v) is 8.80. The minimum Gasteiger partial charge on any atom is -0.239 e. The van der Waals surface area contributed by atoms with Crippen molar-refractivity contribution >= 4 is 0 Å². The molecule has 0 bridgehead atoms. The molecule has 1 saturated carbocycles. The van der Waals surface area contributed by atoms with E-state index in [1.165, 1.54) is 12.8 Å². The molecule has 3 nitrogen and oxygen atoms in total. The summed E-state index contributed by atoms with van der Waals surface area (Å²) < 4.78 is 1.80. The van der Waals surface area contributed by atoms with E-state index in [-0.39, 0.29) is 0 Å². The van der Waals surface area contributed by atoms with Crippen molar-refractivity contribution in [2.24, 2.45) is 0 Å². The van der Waals surface area contributed by atoms with Gasteiger partial charge in [0.05, 0.1) is 16.9 Å². The van der Waals surface area contributed by atoms with Crippen molar-refractivity contribution in [2.75, 3.05) is 0 Å². The number of hydrogen-bond acceptors (Lipinski definition) is 2. The van der Waals surface area contributed by atoms with Crippen LogP contribution in [0.2, 0.25) is 0 Å². The molecule has 0 atom stereocenters. The first-order valence-electron chi connectivity index (χ1n) is 5.43. The van der Waals surface area contributed by atoms with Crippen molar-refractivity contribution < 1.29 is 0 Å². The van der Waals surface area contributed by atoms with Gasteiger partial charge in [0.15, 0.2) is 0 Å². The van der Waals surface area contributed by atoms with Gasteiger partial charge in [-0.2, -0.15) is 10.4 Å². The van der Waals surface area contributed by atoms with Crippen LogP contribution in [0.1, 0.15) is 30.0 Å². The summed E-state index contributed by atoms with van der Waals surface area (Å²) in [6.45, 7) is 0. The smallest absolute Gasteiger partial charge is 0.103 e. The zero-order chi connectivity index (χ0) is 11.0. The van der Waals surface area contributed by atoms with Crippen LogP contribution >= 0.6 is 0 Å². The third-order valence-corrected chi connectivity index (χ3v) is 2.85. The van der Waals surface area contributed by atoms with Crippen LogP contribution in [-0.2, 0) is 0 Å². The van der Waals surface area contributed by atoms with Crippen molar-refractivity contribution in [3.8, 4) is 11.8 Å². The van der Waals surface area contributed by atoms with Crippen molar-refractivity contribution in [2.45, 2.75) is 18.8 Å². The Morgan fingerprint density at radius 1 is 1.25 bits per heavy atom. The quantitative estimate of drug-likeness (QED) is 0.762. The Morgan fingerprint density at radius 3 is 2.62 bits per heavy atom. The first-order valence-corrected chi connectivity index (χ1v) is 5.43. The molecule has 0 saturated heterocycles. The Hall–Kier alpha value is -2.08. The second-order valence-corrected chi connectivity index (χ2v) is 4.09. The second-order valence-electron chi connectivity index (χ2n) is 4.09. The molecule has 0 radical (unpaired) electrons. The summed E-state index contributed by atoms with van der Waals surface area (Å²) in [6, 6.07) is 12.1. The third kappa shape index (κ3) is 1.49. The fraction of sp³-hybridized carbons (Fsp3) is 0.231. The van der Waals surface area contributed by atoms with E-state index in [9.17, 15) is 0 Å². The lowest BCUT2D eigenvalue weighted by molar-refractivity contribution is 0.837. The highest BCUT2D eigenvalue weighted by molar-refractivity contribution is 5.40. The molecule has 3 heteroatoms. The minimum atomic E-state index is 0.514. The molecule has 3 rings (SSSR count). The summed E-state index contributed by atoms with van der Waals surface area (Å²) in [4.78, 5) is 0. The molecule has 1 heterocycles. The molecule has 1 aromatic carbocycles. The van der Waals surface area contributed by atoms with E-state index < -0.39 is 0 Å². The van der Waals surface area contributed by atoms with E-state index >= 15 is 0 Å². The van der Waals surface area contributed by atoms with Crippen LogP contribution in [0.4, 0.5) is 0 Å². The average Bonchev–Trinajstić information content (AvgIpc) is 3.10. The van der Waals surface area contributed by atoms with Crippen LogP contribution in [0.15, 0.2) is 36.5 Å². The predicted octanol–water partition coefficient (Wildman–Crippen LogP) is 2.62. The Kier molecular flexibility index (Phi) is 2.00. The van der Waals surface area contributed by atoms with Gasteiger partial charge >= 0.3 is 0 Å². The van der Waals surface area contributed by atoms with E-state index in [1.807, 2.05) is 36.5 Å². The monoisotopic (exact) mass is 209 g/mol. The van der Waals surface area contributed by atoms with Gasteiger partial charge in [-0.25, -0.2) is 4.68 Å². The first-order chi connectivity index (χ1) is 7.88. The largest absolute Gasteiger partial charge is 0.239 e. The van der Waals surface area contributed by atoms with Gasteiger partial charge in [0, 0.05) is 12.1 Å². The molecular weight excluding hydrogens is 198 g/mol. The predicted molar refractivity (Wildman–Crippen MR) is 60.3 cm³/mol. The highest BCUT2D eigenvalue weighted by atomic mass is 15.3. The topological polar surface area (TPSA) is 41.6 Å². The molecule has 0 unspecified atom stereocenters. The minimum absolute atomic E-state index is 0.514. The van der Waals surface area contributed by atoms with Crippen molar-refractivity contribution in [3.05, 3.63) is 47.8 Å². The molecule has 16 heavy (non-hydrogen) atoms. The number of nitriles is 1. The number of benzene rings is 1. The summed E-state index contributed by atoms with van der Waals surface area (Å²) in [6.07, 6.45) is 4.16. The number of nitrogens with zero attached hydrogens (tertiary/aromatic N) is 3. The number of rotatable bonds is 2. The second kappa shape index (κ2) is 3.49. The zero-order valence-electron chi connectivity index (χ0n) is 8.80. The van der Waals surface area contributed by atoms with E-state index in [1.54, 1.807) is 4.68 Å². The van der Waals surface area contributed by atoms with E-state index in [0.29, 0.717) is 11.5 Å². The van der Waals surface area contributed by atoms with Crippen LogP contribution in [0.25, 0.3) is 5.69 Å². The summed E-state index contributed by atoms with van der Waals surface area (Å²) in [5.74, 6) is 0.514. The molecule has 0 spiro atoms. The fourth-order valence-electron chi connectivity index (χ4n) is 1.84. The van der Waals surface area contributed by atoms with Gasteiger partial charge in [0.25, 0.3) is 0 Å². The number of hydrogen-bond donors (Lipinski definition) is 0. The molecular formula is C13H11N3. The van der Waals surface area contributed by atoms with Crippen LogP contribution in [0.5, 0.6) is 0 Å². The summed E-state index contributed by atoms with van der Waals surface area (Å²) >= 11 is 0. The Balaban J connectivity index is 2.06. The lowest BCUT2D eigenvalue weighted by atomic mass is 10.2. The molecule has 78 valence electrons. The molecule has 1 fully saturated rings. The van der Waals surface area contributed by atoms with E-state index in [4.69, 9.17) is 5.26 Å². The van der Waals surface area contributed by atoms with Crippen molar-refractivity contribution in [3.63, 3.8) is 0 Å². The fourth-order valence-corrected chi connectivity index (χ4v) is 1.84. The highest BCUT2D eigenvalue weighted by Gasteiger charge is 2.29. The van der Waals surface area contributed by atoms with Crippen LogP contribution in [0.3, 0.4) is 0 Å². The highest BCUT2D eigenvalue weighted by Crippen LogP contribution is 2.40. The Morgan fingerprint density at radius 2 is 2.00 bits per heavy atom. The summed E-state index contributed by atoms with van der Waals surface area (Å²) in [5, 5.41) is 13.6. The normalized spacial score (nSPS) is 14.7. The number of aromatic nitrogens is 2. The van der Waals surface area contributed by atoms with Gasteiger partial charge in [-0.15, -0.1) is 0 Å². The van der Waals surface area contributed by atoms with Gasteiger partial charge in [0.1, 0.15) is 6.07 Å². The van der Waals surface area contributed by atoms with Gasteiger partial charge in [-0.1, -0.05) is 18.2 Å². The van der Waals surface area contributed by atoms with E-state index in [0.717, 1.165) is 11.4 Å². The van der Waals surface area contributed by atoms with Crippen molar-refractivity contribution in [1.29, 1.82) is 5.26 Å². The molecule has 1 aromatic heterocycles. The summed E-state index contributed by atoms with van der Waals surface area (Å²) in [5.41, 5.74) is 2.68. The molecule has 0 N–H and O–H groups in total. The maximum Gasteiger partial charge on any atom is 0.103 e. The van der Waals surface area contributed by atoms with Gasteiger partial charge in [-0.3, -0.25) is 0 Å². The van der Waals surface area contributed by atoms with E-state index in [2.05, 4.69) is 11.2 Å². The van der Waals surface area contributed by atoms with Gasteiger partial charge in [-0.05, 0) is 25.0 Å². The lowest BCUT2D eigenvalue weighted by Crippen LogP contribution is -1.94. The molecule has 2 aromatic rings. The maximum absolute atomic E-state index is 9.05. The van der Waals surface area contributed by atoms with Crippen LogP contribution in [0, 0.1) is 11.3 Å². The van der Waals surface area contributed by atoms with Crippen molar-refractivity contribution in [1.82, 2.24) is 9.78 Å². The van der Waals surface area contributed by atoms with Crippen LogP contribution < -0.4 is 0 Å². The van der Waals surface area contributed by atoms with Gasteiger partial charge < -0.3 is 0 Å². The molecule has 1 aliphatic carbocycles. The first kappa shape index (κ1) is 9.17. The van der Waals surface area contributed by atoms with Crippen LogP contribution in [-0.4, -0.2) is 9.78 Å². The third-order valence-electron chi connectivity index (χ3n) is 2.85. The molecule has 0 amide bonds. The maximum atomic E-state index is 9.05. The Labute approximate surface area is 93.9 Å². The Bertz CT molecular complexity index is 544. The average molecular weight is 209 g/mol. The molecule has 1 aliphatic rings. The SMILES string of the molecule is N#Cc1cn(-c2ccccc2)nc1C1CC1. The van der Waals surface area contributed by atoms with Gasteiger partial charge in [0.2, 0.25) is 0 Å². The standard InChI is InChI=1S/C13H11N3/c14-8-11-9-16(12-4-2-1-3-5-12)15-13(11)10-6-7-10/h1-5,9-10H,6-7H2. The summed E-state index contributed by atoms with van der Waals surface area (Å²) in [7, 11) is 0. The number of para-hydroxylation sites is 1. The lowest BCUT2D eigenvalue weighted by Gasteiger charge is -1.98. The molecule has 0 aliphatic heterocycles.